The van der Waals surface area contributed by atoms with E-state index in [1.165, 1.54) is 24.3 Å². The molecule has 0 nitrogen and oxygen atoms in total. The molecule has 0 saturated heterocycles. The lowest BCUT2D eigenvalue weighted by Gasteiger charge is -2.19. The lowest BCUT2D eigenvalue weighted by atomic mass is 9.87. The summed E-state index contributed by atoms with van der Waals surface area (Å²) in [6, 6.07) is 10.7. The van der Waals surface area contributed by atoms with Crippen LogP contribution < -0.4 is 0 Å². The van der Waals surface area contributed by atoms with Crippen LogP contribution in [0.2, 0.25) is 0 Å². The number of hydrogen-bond acceptors (Lipinski definition) is 0. The Balaban J connectivity index is 1.86. The van der Waals surface area contributed by atoms with E-state index in [9.17, 15) is 17.6 Å². The van der Waals surface area contributed by atoms with Gasteiger partial charge in [-0.05, 0) is 71.0 Å². The van der Waals surface area contributed by atoms with Gasteiger partial charge in [0.25, 0.3) is 0 Å². The van der Waals surface area contributed by atoms with E-state index in [2.05, 4.69) is 0 Å². The van der Waals surface area contributed by atoms with Crippen molar-refractivity contribution in [2.75, 3.05) is 0 Å². The Kier molecular flexibility index (Phi) is 7.37. The summed E-state index contributed by atoms with van der Waals surface area (Å²) in [5.74, 6) is -3.88. The highest BCUT2D eigenvalue weighted by atomic mass is 19.1. The first-order chi connectivity index (χ1) is 15.1. The van der Waals surface area contributed by atoms with Crippen molar-refractivity contribution in [3.05, 3.63) is 105 Å². The largest absolute Gasteiger partial charge is 0.207 e. The van der Waals surface area contributed by atoms with Gasteiger partial charge in [0.15, 0.2) is 0 Å². The second-order valence-electron chi connectivity index (χ2n) is 8.82. The Hall–Kier alpha value is -2.69. The minimum absolute atomic E-state index is 0.00426. The van der Waals surface area contributed by atoms with E-state index in [0.29, 0.717) is 12.0 Å². The van der Waals surface area contributed by atoms with Gasteiger partial charge in [-0.15, -0.1) is 0 Å². The van der Waals surface area contributed by atoms with Crippen molar-refractivity contribution in [2.24, 2.45) is 0 Å². The highest BCUT2D eigenvalue weighted by Crippen LogP contribution is 2.32. The fourth-order valence-electron chi connectivity index (χ4n) is 4.18. The summed E-state index contributed by atoms with van der Waals surface area (Å²) in [5, 5.41) is 0. The molecule has 0 aliphatic rings. The molecule has 3 aromatic carbocycles. The Morgan fingerprint density at radius 3 is 1.97 bits per heavy atom. The van der Waals surface area contributed by atoms with Crippen LogP contribution in [0.15, 0.2) is 48.5 Å². The Labute approximate surface area is 186 Å². The van der Waals surface area contributed by atoms with Gasteiger partial charge < -0.3 is 0 Å². The predicted molar refractivity (Wildman–Crippen MR) is 117 cm³/mol. The summed E-state index contributed by atoms with van der Waals surface area (Å²) in [4.78, 5) is 0. The first-order valence-corrected chi connectivity index (χ1v) is 10.8. The molecule has 2 atom stereocenters. The second kappa shape index (κ2) is 9.85. The quantitative estimate of drug-likeness (QED) is 0.321. The smallest absolute Gasteiger partial charge is 0.132 e. The molecule has 0 amide bonds. The Morgan fingerprint density at radius 2 is 1.31 bits per heavy atom. The molecule has 5 heteroatoms. The molecule has 0 spiro atoms. The zero-order valence-corrected chi connectivity index (χ0v) is 18.7. The van der Waals surface area contributed by atoms with E-state index >= 15 is 4.39 Å². The Bertz CT molecular complexity index is 1100. The van der Waals surface area contributed by atoms with Crippen LogP contribution in [0, 0.1) is 29.1 Å². The van der Waals surface area contributed by atoms with Crippen LogP contribution in [0.25, 0.3) is 0 Å². The van der Waals surface area contributed by atoms with Crippen molar-refractivity contribution in [3.8, 4) is 0 Å². The van der Waals surface area contributed by atoms with Crippen molar-refractivity contribution in [1.29, 1.82) is 0 Å². The van der Waals surface area contributed by atoms with Crippen molar-refractivity contribution in [3.63, 3.8) is 0 Å². The molecule has 0 aliphatic carbocycles. The Morgan fingerprint density at radius 1 is 0.625 bits per heavy atom. The van der Waals surface area contributed by atoms with Gasteiger partial charge in [0, 0.05) is 11.6 Å². The minimum Gasteiger partial charge on any atom is -0.207 e. The number of halogens is 5. The van der Waals surface area contributed by atoms with Crippen molar-refractivity contribution in [1.82, 2.24) is 0 Å². The van der Waals surface area contributed by atoms with Crippen LogP contribution in [0.5, 0.6) is 0 Å². The predicted octanol–water partition coefficient (Wildman–Crippen LogP) is 8.20. The number of rotatable bonds is 7. The first-order valence-electron chi connectivity index (χ1n) is 10.8. The normalized spacial score (nSPS) is 13.4. The summed E-state index contributed by atoms with van der Waals surface area (Å²) in [5.41, 5.74) is 1.88. The molecular weight excluding hydrogens is 419 g/mol. The summed E-state index contributed by atoms with van der Waals surface area (Å²) in [6.07, 6.45) is 0.488. The van der Waals surface area contributed by atoms with E-state index in [4.69, 9.17) is 0 Å². The number of benzene rings is 3. The maximum Gasteiger partial charge on any atom is 0.132 e. The molecule has 0 bridgehead atoms. The highest BCUT2D eigenvalue weighted by molar-refractivity contribution is 5.35. The molecule has 0 aliphatic heterocycles. The third-order valence-electron chi connectivity index (χ3n) is 5.94. The standard InChI is InChI=1S/C27H27F5/c1-15(2)22-13-18(5-9-23(22)29)11-17(4)26-24(30)10-6-19(27(26)32)12-16(3)21-8-7-20(28)14-25(21)31/h5-10,13-17H,11-12H2,1-4H3. The van der Waals surface area contributed by atoms with Crippen LogP contribution in [-0.4, -0.2) is 0 Å². The summed E-state index contributed by atoms with van der Waals surface area (Å²) < 4.78 is 71.3. The van der Waals surface area contributed by atoms with Crippen molar-refractivity contribution in [2.45, 2.75) is 58.3 Å². The molecule has 0 heterocycles. The van der Waals surface area contributed by atoms with Crippen LogP contribution in [-0.2, 0) is 12.8 Å². The van der Waals surface area contributed by atoms with Crippen LogP contribution >= 0.6 is 0 Å². The van der Waals surface area contributed by atoms with Gasteiger partial charge >= 0.3 is 0 Å². The van der Waals surface area contributed by atoms with Crippen molar-refractivity contribution < 1.29 is 22.0 Å². The lowest BCUT2D eigenvalue weighted by molar-refractivity contribution is 0.514. The SMILES string of the molecule is CC(C)c1cc(CC(C)c2c(F)ccc(CC(C)c3ccc(F)cc3F)c2F)ccc1F. The molecule has 32 heavy (non-hydrogen) atoms. The maximum absolute atomic E-state index is 15.3. The van der Waals surface area contributed by atoms with E-state index in [0.717, 1.165) is 17.7 Å². The monoisotopic (exact) mass is 446 g/mol. The molecule has 170 valence electrons. The van der Waals surface area contributed by atoms with Crippen LogP contribution in [0.1, 0.15) is 73.3 Å². The average molecular weight is 447 g/mol. The maximum atomic E-state index is 15.3. The summed E-state index contributed by atoms with van der Waals surface area (Å²) in [6.45, 7) is 7.22. The third kappa shape index (κ3) is 5.20. The second-order valence-corrected chi connectivity index (χ2v) is 8.82. The lowest BCUT2D eigenvalue weighted by Crippen LogP contribution is -2.10. The molecule has 3 aromatic rings. The number of hydrogen-bond donors (Lipinski definition) is 0. The first kappa shape index (κ1) is 24.0. The zero-order chi connectivity index (χ0) is 23.6. The fourth-order valence-corrected chi connectivity index (χ4v) is 4.18. The topological polar surface area (TPSA) is 0 Å². The zero-order valence-electron chi connectivity index (χ0n) is 18.7. The molecule has 3 rings (SSSR count). The van der Waals surface area contributed by atoms with Gasteiger partial charge in [-0.1, -0.05) is 52.0 Å². The molecule has 0 radical (unpaired) electrons. The van der Waals surface area contributed by atoms with Crippen LogP contribution in [0.4, 0.5) is 22.0 Å². The van der Waals surface area contributed by atoms with Gasteiger partial charge in [-0.2, -0.15) is 0 Å². The van der Waals surface area contributed by atoms with Gasteiger partial charge in [0.1, 0.15) is 29.1 Å². The third-order valence-corrected chi connectivity index (χ3v) is 5.94. The van der Waals surface area contributed by atoms with Gasteiger partial charge in [0.2, 0.25) is 0 Å². The van der Waals surface area contributed by atoms with Gasteiger partial charge in [0.05, 0.1) is 0 Å². The molecular formula is C27H27F5. The highest BCUT2D eigenvalue weighted by Gasteiger charge is 2.22. The van der Waals surface area contributed by atoms with E-state index in [1.807, 2.05) is 13.8 Å². The van der Waals surface area contributed by atoms with Crippen LogP contribution in [0.3, 0.4) is 0 Å². The molecule has 0 saturated carbocycles. The summed E-state index contributed by atoms with van der Waals surface area (Å²) in [7, 11) is 0. The molecule has 2 unspecified atom stereocenters. The van der Waals surface area contributed by atoms with Crippen molar-refractivity contribution >= 4 is 0 Å². The average Bonchev–Trinajstić information content (AvgIpc) is 2.71. The van der Waals surface area contributed by atoms with E-state index < -0.39 is 35.1 Å². The van der Waals surface area contributed by atoms with Gasteiger partial charge in [-0.25, -0.2) is 22.0 Å². The van der Waals surface area contributed by atoms with Gasteiger partial charge in [-0.3, -0.25) is 0 Å². The minimum atomic E-state index is -0.689. The molecule has 0 fully saturated rings. The fraction of sp³-hybridized carbons (Fsp3) is 0.333. The van der Waals surface area contributed by atoms with E-state index in [-0.39, 0.29) is 34.8 Å². The molecule has 0 N–H and O–H groups in total. The molecule has 0 aromatic heterocycles. The summed E-state index contributed by atoms with van der Waals surface area (Å²) >= 11 is 0. The van der Waals surface area contributed by atoms with E-state index in [1.54, 1.807) is 26.0 Å².